The average Bonchev–Trinajstić information content (AvgIpc) is 2.89. The molecular weight excluding hydrogens is 519 g/mol. The first-order chi connectivity index (χ1) is 11.9. The first kappa shape index (κ1) is 18.3. The first-order valence-electron chi connectivity index (χ1n) is 7.36. The number of furan rings is 1. The predicted molar refractivity (Wildman–Crippen MR) is 111 cm³/mol. The van der Waals surface area contributed by atoms with Gasteiger partial charge in [-0.25, -0.2) is 0 Å². The van der Waals surface area contributed by atoms with Gasteiger partial charge >= 0.3 is 0 Å². The molecule has 1 N–H and O–H groups in total. The van der Waals surface area contributed by atoms with Crippen molar-refractivity contribution in [3.05, 3.63) is 55.5 Å². The molecule has 25 heavy (non-hydrogen) atoms. The number of amides is 2. The van der Waals surface area contributed by atoms with Gasteiger partial charge in [0.15, 0.2) is 8.88 Å². The summed E-state index contributed by atoms with van der Waals surface area (Å²) in [4.78, 5) is 26.6. The van der Waals surface area contributed by atoms with Crippen molar-refractivity contribution in [3.63, 3.8) is 0 Å². The lowest BCUT2D eigenvalue weighted by molar-refractivity contribution is -0.122. The molecule has 2 amide bonds. The molecule has 0 radical (unpaired) electrons. The average molecular weight is 531 g/mol. The molecule has 1 fully saturated rings. The molecule has 1 aromatic heterocycles. The van der Waals surface area contributed by atoms with Gasteiger partial charge < -0.3 is 4.42 Å². The Labute approximate surface area is 171 Å². The number of thiocarbonyl (C=S) groups is 1. The second-order valence-corrected chi connectivity index (χ2v) is 7.43. The summed E-state index contributed by atoms with van der Waals surface area (Å²) < 4.78 is 6.90. The summed E-state index contributed by atoms with van der Waals surface area (Å²) >= 11 is 10.6. The Morgan fingerprint density at radius 2 is 2.08 bits per heavy atom. The molecule has 0 unspecified atom stereocenters. The zero-order chi connectivity index (χ0) is 18.1. The molecular formula is C17H12BrIN2O3S. The molecule has 2 heterocycles. The van der Waals surface area contributed by atoms with E-state index in [1.54, 1.807) is 6.07 Å². The zero-order valence-electron chi connectivity index (χ0n) is 13.0. The number of carbonyl (C=O) groups is 2. The number of nitrogens with one attached hydrogen (secondary N) is 1. The van der Waals surface area contributed by atoms with Crippen LogP contribution in [0.3, 0.4) is 0 Å². The van der Waals surface area contributed by atoms with Crippen molar-refractivity contribution in [2.75, 3.05) is 4.90 Å². The number of para-hydroxylation sites is 1. The van der Waals surface area contributed by atoms with Gasteiger partial charge in [0.1, 0.15) is 11.3 Å². The summed E-state index contributed by atoms with van der Waals surface area (Å²) in [6, 6.07) is 9.17. The van der Waals surface area contributed by atoms with E-state index in [1.165, 1.54) is 11.0 Å². The van der Waals surface area contributed by atoms with Crippen molar-refractivity contribution < 1.29 is 14.0 Å². The third-order valence-corrected chi connectivity index (χ3v) is 6.08. The molecule has 0 spiro atoms. The fourth-order valence-electron chi connectivity index (χ4n) is 2.48. The SMILES string of the molecule is CCc1ccccc1N1C(=O)/C(=C/c2cc(Br)c(I)o2)C(=O)NC1=S. The van der Waals surface area contributed by atoms with Crippen molar-refractivity contribution >= 4 is 79.4 Å². The van der Waals surface area contributed by atoms with Crippen LogP contribution in [0.25, 0.3) is 6.08 Å². The third kappa shape index (κ3) is 3.56. The maximum absolute atomic E-state index is 13.0. The van der Waals surface area contributed by atoms with Gasteiger partial charge in [0.25, 0.3) is 11.8 Å². The van der Waals surface area contributed by atoms with Crippen molar-refractivity contribution in [2.24, 2.45) is 0 Å². The Kier molecular flexibility index (Phi) is 5.40. The topological polar surface area (TPSA) is 62.6 Å². The number of hydrogen-bond donors (Lipinski definition) is 1. The van der Waals surface area contributed by atoms with Gasteiger partial charge in [0.05, 0.1) is 10.2 Å². The molecule has 5 nitrogen and oxygen atoms in total. The molecule has 1 aliphatic rings. The van der Waals surface area contributed by atoms with Crippen LogP contribution in [0.5, 0.6) is 0 Å². The van der Waals surface area contributed by atoms with Crippen molar-refractivity contribution in [3.8, 4) is 0 Å². The predicted octanol–water partition coefficient (Wildman–Crippen LogP) is 4.04. The summed E-state index contributed by atoms with van der Waals surface area (Å²) in [6.45, 7) is 1.99. The van der Waals surface area contributed by atoms with Crippen molar-refractivity contribution in [2.45, 2.75) is 13.3 Å². The van der Waals surface area contributed by atoms with E-state index >= 15 is 0 Å². The van der Waals surface area contributed by atoms with Gasteiger partial charge in [-0.2, -0.15) is 0 Å². The molecule has 1 aromatic carbocycles. The van der Waals surface area contributed by atoms with E-state index in [0.29, 0.717) is 15.2 Å². The van der Waals surface area contributed by atoms with E-state index in [9.17, 15) is 9.59 Å². The van der Waals surface area contributed by atoms with Crippen LogP contribution in [0, 0.1) is 3.77 Å². The van der Waals surface area contributed by atoms with E-state index in [0.717, 1.165) is 16.5 Å². The minimum Gasteiger partial charge on any atom is -0.450 e. The van der Waals surface area contributed by atoms with Crippen LogP contribution in [0.1, 0.15) is 18.2 Å². The highest BCUT2D eigenvalue weighted by Gasteiger charge is 2.35. The summed E-state index contributed by atoms with van der Waals surface area (Å²) in [6.07, 6.45) is 2.16. The molecule has 0 atom stereocenters. The Balaban J connectivity index is 2.05. The molecule has 1 aliphatic heterocycles. The molecule has 8 heteroatoms. The van der Waals surface area contributed by atoms with Crippen LogP contribution in [0.2, 0.25) is 0 Å². The fourth-order valence-corrected chi connectivity index (χ4v) is 3.47. The molecule has 0 bridgehead atoms. The second-order valence-electron chi connectivity index (χ2n) is 5.21. The van der Waals surface area contributed by atoms with Crippen LogP contribution in [-0.4, -0.2) is 16.9 Å². The number of aryl methyl sites for hydroxylation is 1. The Hall–Kier alpha value is -1.52. The highest BCUT2D eigenvalue weighted by molar-refractivity contribution is 14.1. The highest BCUT2D eigenvalue weighted by Crippen LogP contribution is 2.28. The lowest BCUT2D eigenvalue weighted by atomic mass is 10.1. The first-order valence-corrected chi connectivity index (χ1v) is 9.64. The van der Waals surface area contributed by atoms with Crippen molar-refractivity contribution in [1.29, 1.82) is 0 Å². The summed E-state index contributed by atoms with van der Waals surface area (Å²) in [5.41, 5.74) is 1.60. The van der Waals surface area contributed by atoms with Gasteiger partial charge in [0, 0.05) is 22.6 Å². The van der Waals surface area contributed by atoms with Gasteiger partial charge in [-0.3, -0.25) is 19.8 Å². The number of hydrogen-bond acceptors (Lipinski definition) is 4. The van der Waals surface area contributed by atoms with Gasteiger partial charge in [-0.1, -0.05) is 25.1 Å². The maximum Gasteiger partial charge on any atom is 0.270 e. The molecule has 0 aliphatic carbocycles. The number of rotatable bonds is 3. The maximum atomic E-state index is 13.0. The van der Waals surface area contributed by atoms with Gasteiger partial charge in [-0.15, -0.1) is 0 Å². The number of anilines is 1. The van der Waals surface area contributed by atoms with E-state index in [2.05, 4.69) is 21.2 Å². The van der Waals surface area contributed by atoms with Crippen LogP contribution in [0.4, 0.5) is 5.69 Å². The fraction of sp³-hybridized carbons (Fsp3) is 0.118. The monoisotopic (exact) mass is 530 g/mol. The molecule has 128 valence electrons. The molecule has 2 aromatic rings. The van der Waals surface area contributed by atoms with Crippen LogP contribution >= 0.6 is 50.7 Å². The lowest BCUT2D eigenvalue weighted by Crippen LogP contribution is -2.54. The van der Waals surface area contributed by atoms with Crippen LogP contribution in [0.15, 0.2) is 44.8 Å². The minimum atomic E-state index is -0.539. The Morgan fingerprint density at radius 3 is 2.72 bits per heavy atom. The summed E-state index contributed by atoms with van der Waals surface area (Å²) in [5, 5.41) is 2.65. The highest BCUT2D eigenvalue weighted by atomic mass is 127. The smallest absolute Gasteiger partial charge is 0.270 e. The minimum absolute atomic E-state index is 0.0304. The van der Waals surface area contributed by atoms with Gasteiger partial charge in [0.2, 0.25) is 0 Å². The summed E-state index contributed by atoms with van der Waals surface area (Å²) in [5.74, 6) is -0.605. The standard InChI is InChI=1S/C17H12BrIN2O3S/c1-2-9-5-3-4-6-13(9)21-16(23)11(15(22)20-17(21)25)7-10-8-12(18)14(19)24-10/h3-8H,2H2,1H3,(H,20,22,25)/b11-7+. The number of carbonyl (C=O) groups excluding carboxylic acids is 2. The Bertz CT molecular complexity index is 903. The summed E-state index contributed by atoms with van der Waals surface area (Å²) in [7, 11) is 0. The molecule has 0 saturated carbocycles. The number of benzene rings is 1. The van der Waals surface area contributed by atoms with E-state index in [1.807, 2.05) is 53.8 Å². The largest absolute Gasteiger partial charge is 0.450 e. The normalized spacial score (nSPS) is 16.5. The third-order valence-electron chi connectivity index (χ3n) is 3.67. The number of nitrogens with zero attached hydrogens (tertiary/aromatic N) is 1. The molecule has 1 saturated heterocycles. The van der Waals surface area contributed by atoms with E-state index in [4.69, 9.17) is 16.6 Å². The van der Waals surface area contributed by atoms with Crippen LogP contribution in [-0.2, 0) is 16.0 Å². The second kappa shape index (κ2) is 7.38. The van der Waals surface area contributed by atoms with Gasteiger partial charge in [-0.05, 0) is 58.3 Å². The Morgan fingerprint density at radius 1 is 1.36 bits per heavy atom. The lowest BCUT2D eigenvalue weighted by Gasteiger charge is -2.30. The van der Waals surface area contributed by atoms with Crippen molar-refractivity contribution in [1.82, 2.24) is 5.32 Å². The zero-order valence-corrected chi connectivity index (χ0v) is 17.6. The van der Waals surface area contributed by atoms with Crippen LogP contribution < -0.4 is 10.2 Å². The van der Waals surface area contributed by atoms with E-state index in [-0.39, 0.29) is 10.7 Å². The quantitative estimate of drug-likeness (QED) is 0.281. The van der Waals surface area contributed by atoms with E-state index < -0.39 is 11.8 Å². The molecule has 3 rings (SSSR count). The number of halogens is 2.